The van der Waals surface area contributed by atoms with Crippen molar-refractivity contribution in [3.05, 3.63) is 18.5 Å². The van der Waals surface area contributed by atoms with Crippen molar-refractivity contribution in [1.82, 2.24) is 4.98 Å². The van der Waals surface area contributed by atoms with E-state index in [1.807, 2.05) is 0 Å². The molecule has 62 valence electrons. The number of rotatable bonds is 0. The first-order chi connectivity index (χ1) is 5.79. The third-order valence-corrected chi connectivity index (χ3v) is 1.58. The summed E-state index contributed by atoms with van der Waals surface area (Å²) < 4.78 is 5.01. The van der Waals surface area contributed by atoms with Gasteiger partial charge in [-0.25, -0.2) is 0 Å². The third-order valence-electron chi connectivity index (χ3n) is 1.58. The normalized spacial score (nSPS) is 15.4. The fourth-order valence-electron chi connectivity index (χ4n) is 0.989. The van der Waals surface area contributed by atoms with Crippen LogP contribution in [0, 0.1) is 0 Å². The van der Waals surface area contributed by atoms with E-state index < -0.39 is 5.91 Å². The van der Waals surface area contributed by atoms with E-state index >= 15 is 0 Å². The topological polar surface area (TPSA) is 62.7 Å². The SMILES string of the molecule is O=C1COc2ccncc2N1O. The molecular weight excluding hydrogens is 160 g/mol. The van der Waals surface area contributed by atoms with E-state index in [4.69, 9.17) is 4.74 Å². The zero-order valence-electron chi connectivity index (χ0n) is 6.10. The number of ether oxygens (including phenoxy) is 1. The number of aromatic nitrogens is 1. The van der Waals surface area contributed by atoms with Crippen molar-refractivity contribution in [2.45, 2.75) is 0 Å². The van der Waals surface area contributed by atoms with Crippen LogP contribution in [0.5, 0.6) is 5.75 Å². The van der Waals surface area contributed by atoms with Crippen molar-refractivity contribution in [3.8, 4) is 5.75 Å². The molecule has 1 aliphatic rings. The molecule has 0 atom stereocenters. The van der Waals surface area contributed by atoms with Crippen LogP contribution in [0.4, 0.5) is 5.69 Å². The van der Waals surface area contributed by atoms with Gasteiger partial charge in [-0.2, -0.15) is 5.06 Å². The van der Waals surface area contributed by atoms with Crippen LogP contribution in [0.2, 0.25) is 0 Å². The average molecular weight is 166 g/mol. The highest BCUT2D eigenvalue weighted by molar-refractivity contribution is 5.95. The molecule has 0 aliphatic carbocycles. The molecular formula is C7H6N2O3. The Hall–Kier alpha value is -1.62. The van der Waals surface area contributed by atoms with E-state index in [1.165, 1.54) is 12.4 Å². The zero-order valence-corrected chi connectivity index (χ0v) is 6.10. The van der Waals surface area contributed by atoms with Gasteiger partial charge in [0.05, 0.1) is 6.20 Å². The van der Waals surface area contributed by atoms with Crippen molar-refractivity contribution in [1.29, 1.82) is 0 Å². The van der Waals surface area contributed by atoms with Crippen molar-refractivity contribution in [3.63, 3.8) is 0 Å². The Morgan fingerprint density at radius 3 is 3.33 bits per heavy atom. The maximum atomic E-state index is 10.9. The maximum absolute atomic E-state index is 10.9. The Bertz CT molecular complexity index is 326. The lowest BCUT2D eigenvalue weighted by molar-refractivity contribution is -0.126. The number of pyridine rings is 1. The van der Waals surface area contributed by atoms with E-state index in [0.29, 0.717) is 10.8 Å². The van der Waals surface area contributed by atoms with Gasteiger partial charge in [0, 0.05) is 12.3 Å². The molecule has 1 N–H and O–H groups in total. The lowest BCUT2D eigenvalue weighted by Gasteiger charge is -2.22. The molecule has 2 rings (SSSR count). The minimum atomic E-state index is -0.490. The summed E-state index contributed by atoms with van der Waals surface area (Å²) >= 11 is 0. The first-order valence-electron chi connectivity index (χ1n) is 3.37. The van der Waals surface area contributed by atoms with E-state index in [9.17, 15) is 10.0 Å². The van der Waals surface area contributed by atoms with Crippen LogP contribution in [-0.2, 0) is 4.79 Å². The molecule has 12 heavy (non-hydrogen) atoms. The minimum Gasteiger partial charge on any atom is -0.481 e. The number of carbonyl (C=O) groups is 1. The molecule has 0 aromatic carbocycles. The predicted octanol–water partition coefficient (Wildman–Crippen LogP) is 0.196. The minimum absolute atomic E-state index is 0.131. The summed E-state index contributed by atoms with van der Waals surface area (Å²) in [6.45, 7) is -0.131. The van der Waals surface area contributed by atoms with Gasteiger partial charge in [0.15, 0.2) is 6.61 Å². The fourth-order valence-corrected chi connectivity index (χ4v) is 0.989. The van der Waals surface area contributed by atoms with Crippen LogP contribution in [0.25, 0.3) is 0 Å². The lowest BCUT2D eigenvalue weighted by atomic mass is 10.3. The van der Waals surface area contributed by atoms with Gasteiger partial charge in [-0.05, 0) is 0 Å². The van der Waals surface area contributed by atoms with Crippen molar-refractivity contribution in [2.75, 3.05) is 11.7 Å². The number of hydrogen-bond donors (Lipinski definition) is 1. The molecule has 5 heteroatoms. The summed E-state index contributed by atoms with van der Waals surface area (Å²) in [4.78, 5) is 14.6. The zero-order chi connectivity index (χ0) is 8.55. The summed E-state index contributed by atoms with van der Waals surface area (Å²) in [5, 5.41) is 9.74. The molecule has 1 aromatic heterocycles. The standard InChI is InChI=1S/C7H6N2O3/c10-7-4-12-6-1-2-8-3-5(6)9(7)11/h1-3,11H,4H2. The molecule has 0 bridgehead atoms. The van der Waals surface area contributed by atoms with Crippen LogP contribution >= 0.6 is 0 Å². The highest BCUT2D eigenvalue weighted by Crippen LogP contribution is 2.28. The number of anilines is 1. The Labute approximate surface area is 68.2 Å². The smallest absolute Gasteiger partial charge is 0.288 e. The number of carbonyl (C=O) groups excluding carboxylic acids is 1. The van der Waals surface area contributed by atoms with Gasteiger partial charge in [-0.3, -0.25) is 15.0 Å². The van der Waals surface area contributed by atoms with Gasteiger partial charge in [0.2, 0.25) is 0 Å². The van der Waals surface area contributed by atoms with Crippen LogP contribution in [-0.4, -0.2) is 22.7 Å². The van der Waals surface area contributed by atoms with Crippen LogP contribution in [0.3, 0.4) is 0 Å². The molecule has 5 nitrogen and oxygen atoms in total. The van der Waals surface area contributed by atoms with Crippen molar-refractivity contribution in [2.24, 2.45) is 0 Å². The van der Waals surface area contributed by atoms with Gasteiger partial charge in [0.25, 0.3) is 5.91 Å². The summed E-state index contributed by atoms with van der Waals surface area (Å²) in [6, 6.07) is 1.59. The van der Waals surface area contributed by atoms with Gasteiger partial charge in [-0.1, -0.05) is 0 Å². The van der Waals surface area contributed by atoms with Gasteiger partial charge in [0.1, 0.15) is 11.4 Å². The summed E-state index contributed by atoms with van der Waals surface area (Å²) in [7, 11) is 0. The van der Waals surface area contributed by atoms with Gasteiger partial charge in [-0.15, -0.1) is 0 Å². The summed E-state index contributed by atoms with van der Waals surface area (Å²) in [5.41, 5.74) is 0.286. The van der Waals surface area contributed by atoms with E-state index in [0.717, 1.165) is 0 Å². The Balaban J connectivity index is 2.48. The number of amides is 1. The summed E-state index contributed by atoms with van der Waals surface area (Å²) in [6.07, 6.45) is 2.90. The second-order valence-electron chi connectivity index (χ2n) is 2.34. The highest BCUT2D eigenvalue weighted by atomic mass is 16.5. The van der Waals surface area contributed by atoms with Crippen LogP contribution in [0.15, 0.2) is 18.5 Å². The van der Waals surface area contributed by atoms with Gasteiger partial charge >= 0.3 is 0 Å². The molecule has 0 radical (unpaired) electrons. The quantitative estimate of drug-likeness (QED) is 0.559. The Kier molecular flexibility index (Phi) is 1.44. The third kappa shape index (κ3) is 0.911. The Morgan fingerprint density at radius 1 is 1.67 bits per heavy atom. The molecule has 1 amide bonds. The summed E-state index contributed by atoms with van der Waals surface area (Å²) in [5.74, 6) is -0.0254. The average Bonchev–Trinajstić information content (AvgIpc) is 2.12. The number of nitrogens with zero attached hydrogens (tertiary/aromatic N) is 2. The largest absolute Gasteiger partial charge is 0.481 e. The monoisotopic (exact) mass is 166 g/mol. The maximum Gasteiger partial charge on any atom is 0.288 e. The fraction of sp³-hybridized carbons (Fsp3) is 0.143. The van der Waals surface area contributed by atoms with Crippen LogP contribution < -0.4 is 9.80 Å². The Morgan fingerprint density at radius 2 is 2.50 bits per heavy atom. The lowest BCUT2D eigenvalue weighted by Crippen LogP contribution is -2.36. The molecule has 0 saturated carbocycles. The van der Waals surface area contributed by atoms with Crippen molar-refractivity contribution < 1.29 is 14.7 Å². The second-order valence-corrected chi connectivity index (χ2v) is 2.34. The second kappa shape index (κ2) is 2.46. The highest BCUT2D eigenvalue weighted by Gasteiger charge is 2.23. The molecule has 1 aromatic rings. The van der Waals surface area contributed by atoms with Gasteiger partial charge < -0.3 is 4.74 Å². The first kappa shape index (κ1) is 7.05. The number of hydrogen-bond acceptors (Lipinski definition) is 4. The molecule has 0 fully saturated rings. The molecule has 1 aliphatic heterocycles. The molecule has 0 unspecified atom stereocenters. The first-order valence-corrected chi connectivity index (χ1v) is 3.37. The predicted molar refractivity (Wildman–Crippen MR) is 39.0 cm³/mol. The number of hydroxylamine groups is 1. The molecule has 2 heterocycles. The molecule has 0 saturated heterocycles. The molecule has 0 spiro atoms. The van der Waals surface area contributed by atoms with E-state index in [1.54, 1.807) is 6.07 Å². The number of fused-ring (bicyclic) bond motifs is 1. The van der Waals surface area contributed by atoms with Crippen molar-refractivity contribution >= 4 is 11.6 Å². The van der Waals surface area contributed by atoms with E-state index in [-0.39, 0.29) is 12.3 Å². The van der Waals surface area contributed by atoms with E-state index in [2.05, 4.69) is 4.98 Å². The van der Waals surface area contributed by atoms with Crippen LogP contribution in [0.1, 0.15) is 0 Å².